The average Bonchev–Trinajstić information content (AvgIpc) is 2.40. The highest BCUT2D eigenvalue weighted by Crippen LogP contribution is 2.37. The fourth-order valence-electron chi connectivity index (χ4n) is 2.72. The van der Waals surface area contributed by atoms with Crippen molar-refractivity contribution >= 4 is 11.8 Å². The lowest BCUT2D eigenvalue weighted by atomic mass is 9.84. The summed E-state index contributed by atoms with van der Waals surface area (Å²) in [7, 11) is 2.11. The van der Waals surface area contributed by atoms with Crippen LogP contribution in [0.1, 0.15) is 32.6 Å². The number of nitrogens with one attached hydrogen (secondary N) is 1. The molecule has 1 aliphatic rings. The van der Waals surface area contributed by atoms with E-state index in [4.69, 9.17) is 0 Å². The first-order valence-electron chi connectivity index (χ1n) is 6.72. The van der Waals surface area contributed by atoms with E-state index in [1.165, 1.54) is 30.6 Å². The molecule has 2 rings (SSSR count). The molecular weight excluding hydrogens is 226 g/mol. The van der Waals surface area contributed by atoms with Gasteiger partial charge >= 0.3 is 0 Å². The van der Waals surface area contributed by atoms with Gasteiger partial charge < -0.3 is 5.32 Å². The van der Waals surface area contributed by atoms with Crippen LogP contribution in [0.2, 0.25) is 0 Å². The van der Waals surface area contributed by atoms with Crippen molar-refractivity contribution in [3.63, 3.8) is 0 Å². The molecule has 1 aliphatic carbocycles. The van der Waals surface area contributed by atoms with Crippen LogP contribution in [0.3, 0.4) is 0 Å². The Balaban J connectivity index is 2.00. The van der Waals surface area contributed by atoms with Crippen molar-refractivity contribution < 1.29 is 0 Å². The van der Waals surface area contributed by atoms with Gasteiger partial charge in [-0.3, -0.25) is 0 Å². The second-order valence-corrected chi connectivity index (χ2v) is 6.26. The van der Waals surface area contributed by atoms with Gasteiger partial charge in [0.25, 0.3) is 0 Å². The van der Waals surface area contributed by atoms with E-state index in [1.54, 1.807) is 0 Å². The van der Waals surface area contributed by atoms with Gasteiger partial charge in [-0.05, 0) is 44.4 Å². The van der Waals surface area contributed by atoms with Gasteiger partial charge in [-0.1, -0.05) is 31.5 Å². The van der Waals surface area contributed by atoms with Gasteiger partial charge in [0.2, 0.25) is 0 Å². The Hall–Kier alpha value is -0.470. The molecule has 0 aliphatic heterocycles. The molecule has 0 spiro atoms. The van der Waals surface area contributed by atoms with E-state index in [2.05, 4.69) is 61.4 Å². The van der Waals surface area contributed by atoms with Crippen LogP contribution in [0.15, 0.2) is 35.2 Å². The summed E-state index contributed by atoms with van der Waals surface area (Å²) in [6.07, 6.45) is 5.43. The van der Waals surface area contributed by atoms with Gasteiger partial charge in [0.1, 0.15) is 0 Å². The van der Waals surface area contributed by atoms with Crippen molar-refractivity contribution in [1.29, 1.82) is 0 Å². The van der Waals surface area contributed by atoms with E-state index >= 15 is 0 Å². The van der Waals surface area contributed by atoms with E-state index in [1.807, 2.05) is 0 Å². The second-order valence-electron chi connectivity index (χ2n) is 4.95. The van der Waals surface area contributed by atoms with E-state index in [-0.39, 0.29) is 0 Å². The van der Waals surface area contributed by atoms with Crippen molar-refractivity contribution in [1.82, 2.24) is 5.32 Å². The normalized spacial score (nSPS) is 29.2. The average molecular weight is 249 g/mol. The molecule has 0 heterocycles. The zero-order valence-corrected chi connectivity index (χ0v) is 11.7. The van der Waals surface area contributed by atoms with Crippen molar-refractivity contribution in [3.05, 3.63) is 30.3 Å². The molecule has 2 heteroatoms. The summed E-state index contributed by atoms with van der Waals surface area (Å²) in [4.78, 5) is 1.41. The fraction of sp³-hybridized carbons (Fsp3) is 0.600. The number of hydrogen-bond donors (Lipinski definition) is 1. The Labute approximate surface area is 109 Å². The third-order valence-corrected chi connectivity index (χ3v) is 5.25. The number of benzene rings is 1. The number of thioether (sulfide) groups is 1. The Morgan fingerprint density at radius 3 is 2.65 bits per heavy atom. The van der Waals surface area contributed by atoms with Gasteiger partial charge in [0, 0.05) is 16.2 Å². The molecule has 0 bridgehead atoms. The number of rotatable bonds is 4. The molecule has 1 nitrogen and oxygen atoms in total. The molecular formula is C15H23NS. The van der Waals surface area contributed by atoms with Crippen LogP contribution in [0.4, 0.5) is 0 Å². The lowest BCUT2D eigenvalue weighted by Gasteiger charge is -2.35. The highest BCUT2D eigenvalue weighted by Gasteiger charge is 2.29. The maximum Gasteiger partial charge on any atom is 0.0250 e. The summed E-state index contributed by atoms with van der Waals surface area (Å²) in [5, 5.41) is 4.24. The smallest absolute Gasteiger partial charge is 0.0250 e. The molecule has 94 valence electrons. The molecule has 3 unspecified atom stereocenters. The summed E-state index contributed by atoms with van der Waals surface area (Å²) in [5.74, 6) is 0.931. The summed E-state index contributed by atoms with van der Waals surface area (Å²) in [6, 6.07) is 11.5. The van der Waals surface area contributed by atoms with Crippen LogP contribution < -0.4 is 5.32 Å². The Morgan fingerprint density at radius 2 is 2.00 bits per heavy atom. The maximum atomic E-state index is 3.50. The van der Waals surface area contributed by atoms with E-state index in [0.717, 1.165) is 11.2 Å². The molecule has 0 saturated heterocycles. The van der Waals surface area contributed by atoms with Crippen LogP contribution in [-0.2, 0) is 0 Å². The minimum absolute atomic E-state index is 0.683. The molecule has 0 aromatic heterocycles. The third kappa shape index (κ3) is 3.49. The van der Waals surface area contributed by atoms with Gasteiger partial charge in [-0.15, -0.1) is 11.8 Å². The van der Waals surface area contributed by atoms with E-state index in [0.29, 0.717) is 6.04 Å². The van der Waals surface area contributed by atoms with Crippen LogP contribution >= 0.6 is 11.8 Å². The van der Waals surface area contributed by atoms with Crippen molar-refractivity contribution in [3.8, 4) is 0 Å². The summed E-state index contributed by atoms with van der Waals surface area (Å²) < 4.78 is 0. The molecule has 1 saturated carbocycles. The first kappa shape index (κ1) is 13.0. The van der Waals surface area contributed by atoms with Gasteiger partial charge in [-0.2, -0.15) is 0 Å². The standard InChI is InChI=1S/C15H23NS/c1-3-12-9-10-14(16-2)15(11-12)17-13-7-5-4-6-8-13/h4-8,12,14-16H,3,9-11H2,1-2H3. The Morgan fingerprint density at radius 1 is 1.24 bits per heavy atom. The zero-order valence-electron chi connectivity index (χ0n) is 10.9. The summed E-state index contributed by atoms with van der Waals surface area (Å²) in [6.45, 7) is 2.33. The van der Waals surface area contributed by atoms with Crippen LogP contribution in [-0.4, -0.2) is 18.3 Å². The topological polar surface area (TPSA) is 12.0 Å². The molecule has 1 N–H and O–H groups in total. The molecule has 1 aromatic carbocycles. The van der Waals surface area contributed by atoms with Crippen molar-refractivity contribution in [2.45, 2.75) is 48.8 Å². The molecule has 0 amide bonds. The SMILES string of the molecule is CCC1CCC(NC)C(Sc2ccccc2)C1. The van der Waals surface area contributed by atoms with Crippen LogP contribution in [0, 0.1) is 5.92 Å². The summed E-state index contributed by atoms with van der Waals surface area (Å²) >= 11 is 2.05. The Bertz CT molecular complexity index is 325. The fourth-order valence-corrected chi connectivity index (χ4v) is 4.19. The molecule has 17 heavy (non-hydrogen) atoms. The molecule has 0 radical (unpaired) electrons. The zero-order chi connectivity index (χ0) is 12.1. The van der Waals surface area contributed by atoms with Gasteiger partial charge in [-0.25, -0.2) is 0 Å². The first-order chi connectivity index (χ1) is 8.33. The molecule has 1 fully saturated rings. The van der Waals surface area contributed by atoms with Crippen molar-refractivity contribution in [2.24, 2.45) is 5.92 Å². The minimum Gasteiger partial charge on any atom is -0.316 e. The first-order valence-corrected chi connectivity index (χ1v) is 7.60. The monoisotopic (exact) mass is 249 g/mol. The highest BCUT2D eigenvalue weighted by molar-refractivity contribution is 8.00. The predicted molar refractivity (Wildman–Crippen MR) is 76.6 cm³/mol. The maximum absolute atomic E-state index is 3.50. The van der Waals surface area contributed by atoms with E-state index < -0.39 is 0 Å². The largest absolute Gasteiger partial charge is 0.316 e. The van der Waals surface area contributed by atoms with E-state index in [9.17, 15) is 0 Å². The van der Waals surface area contributed by atoms with Crippen LogP contribution in [0.25, 0.3) is 0 Å². The quantitative estimate of drug-likeness (QED) is 0.867. The lowest BCUT2D eigenvalue weighted by molar-refractivity contribution is 0.304. The Kier molecular flexibility index (Phi) is 4.93. The summed E-state index contributed by atoms with van der Waals surface area (Å²) in [5.41, 5.74) is 0. The van der Waals surface area contributed by atoms with Gasteiger partial charge in [0.15, 0.2) is 0 Å². The van der Waals surface area contributed by atoms with Gasteiger partial charge in [0.05, 0.1) is 0 Å². The molecule has 1 aromatic rings. The highest BCUT2D eigenvalue weighted by atomic mass is 32.2. The lowest BCUT2D eigenvalue weighted by Crippen LogP contribution is -2.40. The predicted octanol–water partition coefficient (Wildman–Crippen LogP) is 3.95. The molecule has 3 atom stereocenters. The minimum atomic E-state index is 0.683. The van der Waals surface area contributed by atoms with Crippen LogP contribution in [0.5, 0.6) is 0 Å². The second kappa shape index (κ2) is 6.46. The third-order valence-electron chi connectivity index (χ3n) is 3.88. The number of hydrogen-bond acceptors (Lipinski definition) is 2. The van der Waals surface area contributed by atoms with Crippen molar-refractivity contribution in [2.75, 3.05) is 7.05 Å².